The van der Waals surface area contributed by atoms with E-state index in [9.17, 15) is 19.7 Å². The Morgan fingerprint density at radius 1 is 1.24 bits per heavy atom. The van der Waals surface area contributed by atoms with E-state index in [1.54, 1.807) is 32.0 Å². The quantitative estimate of drug-likeness (QED) is 0.284. The molecule has 0 saturated heterocycles. The predicted molar refractivity (Wildman–Crippen MR) is 118 cm³/mol. The molecule has 0 radical (unpaired) electrons. The molecule has 3 rings (SSSR count). The van der Waals surface area contributed by atoms with Gasteiger partial charge in [0.05, 0.1) is 26.9 Å². The second kappa shape index (κ2) is 10.1. The maximum Gasteiger partial charge on any atom is 0.342 e. The number of nitrogens with zero attached hydrogens (tertiary/aromatic N) is 2. The third-order valence-electron chi connectivity index (χ3n) is 4.73. The summed E-state index contributed by atoms with van der Waals surface area (Å²) >= 11 is 5.99. The van der Waals surface area contributed by atoms with Crippen LogP contribution in [0.3, 0.4) is 0 Å². The number of carbonyl (C=O) groups excluding carboxylic acids is 2. The van der Waals surface area contributed by atoms with Crippen molar-refractivity contribution in [1.82, 2.24) is 5.16 Å². The number of aryl methyl sites for hydroxylation is 2. The molecule has 0 aliphatic heterocycles. The van der Waals surface area contributed by atoms with Gasteiger partial charge in [-0.15, -0.1) is 0 Å². The normalized spacial score (nSPS) is 11.5. The van der Waals surface area contributed by atoms with Gasteiger partial charge in [0.15, 0.2) is 6.10 Å². The number of anilines is 1. The van der Waals surface area contributed by atoms with E-state index >= 15 is 0 Å². The molecule has 0 bridgehead atoms. The number of nitro groups is 1. The second-order valence-electron chi connectivity index (χ2n) is 7.05. The number of halogens is 1. The van der Waals surface area contributed by atoms with Crippen LogP contribution in [0, 0.1) is 24.0 Å². The van der Waals surface area contributed by atoms with Crippen LogP contribution >= 0.6 is 11.6 Å². The number of para-hydroxylation sites is 1. The number of ether oxygens (including phenoxy) is 2. The number of carbonyl (C=O) groups is 2. The summed E-state index contributed by atoms with van der Waals surface area (Å²) < 4.78 is 16.2. The number of hydrogen-bond acceptors (Lipinski definition) is 8. The predicted octanol–water partition coefficient (Wildman–Crippen LogP) is 4.62. The monoisotopic (exact) mass is 473 g/mol. The lowest BCUT2D eigenvalue weighted by Crippen LogP contribution is -2.30. The molecular formula is C22H20ClN3O7. The lowest BCUT2D eigenvalue weighted by atomic mass is 10.2. The van der Waals surface area contributed by atoms with E-state index in [-0.39, 0.29) is 34.3 Å². The molecule has 10 nitrogen and oxygen atoms in total. The first kappa shape index (κ1) is 23.7. The number of hydrogen-bond donors (Lipinski definition) is 1. The first-order valence-corrected chi connectivity index (χ1v) is 10.1. The minimum atomic E-state index is -1.18. The van der Waals surface area contributed by atoms with Gasteiger partial charge >= 0.3 is 5.97 Å². The van der Waals surface area contributed by atoms with Gasteiger partial charge in [-0.1, -0.05) is 28.9 Å². The molecule has 1 unspecified atom stereocenters. The summed E-state index contributed by atoms with van der Waals surface area (Å²) in [6.07, 6.45) is -1.18. The highest BCUT2D eigenvalue weighted by Crippen LogP contribution is 2.27. The van der Waals surface area contributed by atoms with Crippen LogP contribution in [-0.2, 0) is 16.1 Å². The number of amides is 1. The number of non-ortho nitro benzene ring substituents is 1. The van der Waals surface area contributed by atoms with Crippen LogP contribution in [0.15, 0.2) is 47.0 Å². The van der Waals surface area contributed by atoms with Crippen LogP contribution in [-0.4, -0.2) is 28.1 Å². The number of rotatable bonds is 8. The van der Waals surface area contributed by atoms with Gasteiger partial charge in [-0.3, -0.25) is 14.9 Å². The molecule has 1 N–H and O–H groups in total. The van der Waals surface area contributed by atoms with Crippen LogP contribution in [0.25, 0.3) is 0 Å². The first-order valence-electron chi connectivity index (χ1n) is 9.76. The summed E-state index contributed by atoms with van der Waals surface area (Å²) in [6, 6.07) is 10.1. The third kappa shape index (κ3) is 5.66. The Balaban J connectivity index is 1.66. The minimum Gasteiger partial charge on any atom is -0.488 e. The lowest BCUT2D eigenvalue weighted by molar-refractivity contribution is -0.384. The Hall–Kier alpha value is -3.92. The van der Waals surface area contributed by atoms with Crippen molar-refractivity contribution in [3.63, 3.8) is 0 Å². The van der Waals surface area contributed by atoms with Crippen molar-refractivity contribution in [2.24, 2.45) is 0 Å². The first-order chi connectivity index (χ1) is 15.7. The van der Waals surface area contributed by atoms with Crippen LogP contribution < -0.4 is 10.1 Å². The zero-order valence-corrected chi connectivity index (χ0v) is 18.7. The Labute approximate surface area is 193 Å². The summed E-state index contributed by atoms with van der Waals surface area (Å²) in [5.74, 6) is -0.536. The molecule has 11 heteroatoms. The van der Waals surface area contributed by atoms with Crippen LogP contribution in [0.1, 0.15) is 34.3 Å². The number of nitro benzene ring substituents is 1. The molecule has 1 atom stereocenters. The molecule has 2 aromatic carbocycles. The van der Waals surface area contributed by atoms with Gasteiger partial charge in [-0.2, -0.15) is 0 Å². The van der Waals surface area contributed by atoms with Crippen molar-refractivity contribution in [1.29, 1.82) is 0 Å². The average molecular weight is 474 g/mol. The Kier molecular flexibility index (Phi) is 7.29. The largest absolute Gasteiger partial charge is 0.488 e. The van der Waals surface area contributed by atoms with Gasteiger partial charge in [-0.25, -0.2) is 4.79 Å². The molecule has 1 aromatic heterocycles. The zero-order valence-electron chi connectivity index (χ0n) is 18.0. The molecule has 0 aliphatic carbocycles. The third-order valence-corrected chi connectivity index (χ3v) is 5.05. The molecule has 3 aromatic rings. The second-order valence-corrected chi connectivity index (χ2v) is 7.45. The van der Waals surface area contributed by atoms with Crippen LogP contribution in [0.4, 0.5) is 11.4 Å². The molecule has 1 heterocycles. The van der Waals surface area contributed by atoms with Crippen LogP contribution in [0.5, 0.6) is 5.75 Å². The topological polar surface area (TPSA) is 134 Å². The smallest absolute Gasteiger partial charge is 0.342 e. The highest BCUT2D eigenvalue weighted by molar-refractivity contribution is 6.34. The molecular weight excluding hydrogens is 454 g/mol. The molecule has 0 aliphatic rings. The van der Waals surface area contributed by atoms with E-state index in [4.69, 9.17) is 25.6 Å². The van der Waals surface area contributed by atoms with E-state index in [0.717, 1.165) is 11.6 Å². The summed E-state index contributed by atoms with van der Waals surface area (Å²) in [5.41, 5.74) is 1.52. The molecule has 33 heavy (non-hydrogen) atoms. The number of esters is 1. The van der Waals surface area contributed by atoms with E-state index in [0.29, 0.717) is 11.5 Å². The fourth-order valence-corrected chi connectivity index (χ4v) is 3.07. The molecule has 172 valence electrons. The van der Waals surface area contributed by atoms with Gasteiger partial charge in [0, 0.05) is 12.1 Å². The molecule has 0 saturated carbocycles. The zero-order chi connectivity index (χ0) is 24.1. The SMILES string of the molecule is Cc1noc(C)c1COc1ccccc1C(=O)OC(C)C(=O)Nc1ccc([N+](=O)[O-])cc1Cl. The standard InChI is InChI=1S/C22H20ClN3O7/c1-12-17(13(2)33-25-12)11-31-20-7-5-4-6-16(20)22(28)32-14(3)21(27)24-19-9-8-15(26(29)30)10-18(19)23/h4-10,14H,11H2,1-3H3,(H,24,27). The van der Waals surface area contributed by atoms with Crippen molar-refractivity contribution in [2.45, 2.75) is 33.5 Å². The summed E-state index contributed by atoms with van der Waals surface area (Å²) in [4.78, 5) is 35.4. The van der Waals surface area contributed by atoms with E-state index in [2.05, 4.69) is 10.5 Å². The van der Waals surface area contributed by atoms with Crippen molar-refractivity contribution in [3.05, 3.63) is 80.2 Å². The van der Waals surface area contributed by atoms with E-state index < -0.39 is 22.9 Å². The Morgan fingerprint density at radius 3 is 2.61 bits per heavy atom. The average Bonchev–Trinajstić information content (AvgIpc) is 3.10. The molecule has 0 spiro atoms. The Morgan fingerprint density at radius 2 is 1.97 bits per heavy atom. The van der Waals surface area contributed by atoms with Gasteiger partial charge < -0.3 is 19.3 Å². The van der Waals surface area contributed by atoms with Gasteiger partial charge in [-0.05, 0) is 39.0 Å². The van der Waals surface area contributed by atoms with Crippen molar-refractivity contribution < 1.29 is 28.5 Å². The highest BCUT2D eigenvalue weighted by atomic mass is 35.5. The maximum atomic E-state index is 12.7. The number of benzene rings is 2. The van der Waals surface area contributed by atoms with Crippen molar-refractivity contribution >= 4 is 34.9 Å². The molecule has 0 fully saturated rings. The van der Waals surface area contributed by atoms with Crippen LogP contribution in [0.2, 0.25) is 5.02 Å². The minimum absolute atomic E-state index is 0.0193. The Bertz CT molecular complexity index is 1190. The fraction of sp³-hybridized carbons (Fsp3) is 0.227. The van der Waals surface area contributed by atoms with Gasteiger partial charge in [0.2, 0.25) is 0 Å². The summed E-state index contributed by atoms with van der Waals surface area (Å²) in [7, 11) is 0. The number of nitrogens with one attached hydrogen (secondary N) is 1. The lowest BCUT2D eigenvalue weighted by Gasteiger charge is -2.16. The molecule has 1 amide bonds. The fourth-order valence-electron chi connectivity index (χ4n) is 2.85. The summed E-state index contributed by atoms with van der Waals surface area (Å²) in [5, 5.41) is 17.1. The van der Waals surface area contributed by atoms with Crippen molar-refractivity contribution in [3.8, 4) is 5.75 Å². The van der Waals surface area contributed by atoms with E-state index in [1.807, 2.05) is 0 Å². The van der Waals surface area contributed by atoms with Gasteiger partial charge in [0.1, 0.15) is 23.7 Å². The highest BCUT2D eigenvalue weighted by Gasteiger charge is 2.23. The van der Waals surface area contributed by atoms with Crippen molar-refractivity contribution in [2.75, 3.05) is 5.32 Å². The number of aromatic nitrogens is 1. The summed E-state index contributed by atoms with van der Waals surface area (Å²) in [6.45, 7) is 5.07. The van der Waals surface area contributed by atoms with Gasteiger partial charge in [0.25, 0.3) is 11.6 Å². The maximum absolute atomic E-state index is 12.7. The van der Waals surface area contributed by atoms with E-state index in [1.165, 1.54) is 25.1 Å².